The van der Waals surface area contributed by atoms with E-state index in [1.54, 1.807) is 29.6 Å². The van der Waals surface area contributed by atoms with Crippen molar-refractivity contribution >= 4 is 50.4 Å². The number of aryl methyl sites for hydroxylation is 1. The minimum atomic E-state index is -0.287. The normalized spacial score (nSPS) is 12.0. The summed E-state index contributed by atoms with van der Waals surface area (Å²) in [5, 5.41) is 14.9. The minimum Gasteiger partial charge on any atom is -0.401 e. The molecular formula is C17H14N4OS3. The van der Waals surface area contributed by atoms with E-state index in [2.05, 4.69) is 21.4 Å². The highest BCUT2D eigenvalue weighted by molar-refractivity contribution is 8.00. The van der Waals surface area contributed by atoms with Crippen LogP contribution in [0.5, 0.6) is 0 Å². The quantitative estimate of drug-likeness (QED) is 0.306. The molecule has 8 heteroatoms. The lowest BCUT2D eigenvalue weighted by Gasteiger charge is -2.06. The third-order valence-corrected chi connectivity index (χ3v) is 6.17. The molecule has 0 aliphatic heterocycles. The first kappa shape index (κ1) is 17.6. The fourth-order valence-corrected chi connectivity index (χ4v) is 5.14. The van der Waals surface area contributed by atoms with E-state index >= 15 is 0 Å². The zero-order valence-electron chi connectivity index (χ0n) is 13.6. The van der Waals surface area contributed by atoms with Crippen molar-refractivity contribution in [3.63, 3.8) is 0 Å². The molecule has 0 aliphatic carbocycles. The van der Waals surface area contributed by atoms with E-state index in [9.17, 15) is 4.79 Å². The number of allylic oxidation sites excluding steroid dienone is 2. The van der Waals surface area contributed by atoms with Crippen LogP contribution >= 0.6 is 34.4 Å². The van der Waals surface area contributed by atoms with Crippen LogP contribution in [0.1, 0.15) is 12.7 Å². The maximum atomic E-state index is 12.2. The van der Waals surface area contributed by atoms with E-state index in [0.717, 1.165) is 25.7 Å². The van der Waals surface area contributed by atoms with Crippen LogP contribution in [-0.4, -0.2) is 21.5 Å². The van der Waals surface area contributed by atoms with Gasteiger partial charge in [0.1, 0.15) is 27.3 Å². The number of carbonyl (C=O) groups is 1. The van der Waals surface area contributed by atoms with Crippen molar-refractivity contribution in [2.24, 2.45) is 5.73 Å². The molecule has 0 saturated heterocycles. The van der Waals surface area contributed by atoms with Crippen molar-refractivity contribution in [1.29, 1.82) is 5.26 Å². The molecule has 3 aromatic heterocycles. The van der Waals surface area contributed by atoms with E-state index in [-0.39, 0.29) is 22.8 Å². The Labute approximate surface area is 157 Å². The van der Waals surface area contributed by atoms with Gasteiger partial charge in [-0.25, -0.2) is 9.97 Å². The summed E-state index contributed by atoms with van der Waals surface area (Å²) in [6.45, 7) is 3.39. The van der Waals surface area contributed by atoms with Crippen LogP contribution in [0.15, 0.2) is 39.2 Å². The molecule has 25 heavy (non-hydrogen) atoms. The summed E-state index contributed by atoms with van der Waals surface area (Å²) < 4.78 is 0. The molecule has 0 saturated carbocycles. The third kappa shape index (κ3) is 3.58. The molecule has 0 amide bonds. The number of carbonyl (C=O) groups excluding carboxylic acids is 1. The lowest BCUT2D eigenvalue weighted by atomic mass is 10.2. The first-order valence-electron chi connectivity index (χ1n) is 7.33. The van der Waals surface area contributed by atoms with Gasteiger partial charge >= 0.3 is 0 Å². The highest BCUT2D eigenvalue weighted by Gasteiger charge is 2.18. The Kier molecular flexibility index (Phi) is 5.18. The summed E-state index contributed by atoms with van der Waals surface area (Å²) in [5.41, 5.74) is 6.94. The second-order valence-electron chi connectivity index (χ2n) is 5.26. The maximum Gasteiger partial charge on any atom is 0.185 e. The molecule has 0 spiro atoms. The minimum absolute atomic E-state index is 0.0123. The average Bonchev–Trinajstić information content (AvgIpc) is 3.21. The number of thioether (sulfide) groups is 1. The summed E-state index contributed by atoms with van der Waals surface area (Å²) in [7, 11) is 0. The Hall–Kier alpha value is -2.21. The zero-order valence-corrected chi connectivity index (χ0v) is 16.0. The molecule has 2 N–H and O–H groups in total. The highest BCUT2D eigenvalue weighted by atomic mass is 32.2. The second-order valence-corrected chi connectivity index (χ2v) is 8.03. The van der Waals surface area contributed by atoms with Crippen molar-refractivity contribution in [3.05, 3.63) is 40.0 Å². The van der Waals surface area contributed by atoms with Crippen LogP contribution in [0.2, 0.25) is 0 Å². The largest absolute Gasteiger partial charge is 0.401 e. The standard InChI is InChI=1S/C17H14N4OS3/c1-9(19)11(6-18)13(22)8-25-17-15-12(14-4-3-5-23-14)7-24-16(15)20-10(2)21-17/h3-5,7H,8,19H2,1-2H3/b11-9+. The molecule has 126 valence electrons. The number of thiophene rings is 2. The number of hydrogen-bond acceptors (Lipinski definition) is 8. The topological polar surface area (TPSA) is 92.7 Å². The third-order valence-electron chi connectivity index (χ3n) is 3.42. The number of fused-ring (bicyclic) bond motifs is 1. The number of nitrogens with zero attached hydrogens (tertiary/aromatic N) is 3. The molecule has 0 radical (unpaired) electrons. The fourth-order valence-electron chi connectivity index (χ4n) is 2.31. The summed E-state index contributed by atoms with van der Waals surface area (Å²) in [4.78, 5) is 23.3. The van der Waals surface area contributed by atoms with Crippen molar-refractivity contribution < 1.29 is 4.79 Å². The van der Waals surface area contributed by atoms with Crippen molar-refractivity contribution in [1.82, 2.24) is 9.97 Å². The zero-order chi connectivity index (χ0) is 18.0. The number of hydrogen-bond donors (Lipinski definition) is 1. The van der Waals surface area contributed by atoms with E-state index in [4.69, 9.17) is 11.0 Å². The summed E-state index contributed by atoms with van der Waals surface area (Å²) in [6.07, 6.45) is 0. The maximum absolute atomic E-state index is 12.2. The predicted octanol–water partition coefficient (Wildman–Crippen LogP) is 4.15. The fraction of sp³-hybridized carbons (Fsp3) is 0.176. The van der Waals surface area contributed by atoms with E-state index in [1.807, 2.05) is 24.4 Å². The number of aromatic nitrogens is 2. The molecule has 5 nitrogen and oxygen atoms in total. The van der Waals surface area contributed by atoms with Crippen LogP contribution < -0.4 is 5.73 Å². The van der Waals surface area contributed by atoms with Crippen LogP contribution in [0.3, 0.4) is 0 Å². The van der Waals surface area contributed by atoms with Gasteiger partial charge in [0.15, 0.2) is 5.78 Å². The Balaban J connectivity index is 1.99. The predicted molar refractivity (Wildman–Crippen MR) is 104 cm³/mol. The Bertz CT molecular complexity index is 1010. The summed E-state index contributed by atoms with van der Waals surface area (Å²) in [6, 6.07) is 5.94. The molecule has 0 fully saturated rings. The molecule has 0 aliphatic rings. The number of rotatable bonds is 5. The number of nitrogens with two attached hydrogens (primary N) is 1. The molecule has 0 unspecified atom stereocenters. The SMILES string of the molecule is C/C(N)=C(/C#N)C(=O)CSc1nc(C)nc2scc(-c3cccs3)c12. The lowest BCUT2D eigenvalue weighted by Crippen LogP contribution is -2.10. The smallest absolute Gasteiger partial charge is 0.185 e. The second kappa shape index (κ2) is 7.35. The van der Waals surface area contributed by atoms with Crippen molar-refractivity contribution in [2.75, 3.05) is 5.75 Å². The first-order chi connectivity index (χ1) is 12.0. The molecule has 0 atom stereocenters. The molecule has 3 rings (SSSR count). The summed E-state index contributed by atoms with van der Waals surface area (Å²) >= 11 is 4.54. The number of nitriles is 1. The van der Waals surface area contributed by atoms with Gasteiger partial charge < -0.3 is 5.73 Å². The molecule has 0 aromatic carbocycles. The van der Waals surface area contributed by atoms with Crippen molar-refractivity contribution in [3.8, 4) is 16.5 Å². The van der Waals surface area contributed by atoms with Crippen LogP contribution in [0.4, 0.5) is 0 Å². The van der Waals surface area contributed by atoms with Gasteiger partial charge in [-0.15, -0.1) is 22.7 Å². The lowest BCUT2D eigenvalue weighted by molar-refractivity contribution is -0.112. The van der Waals surface area contributed by atoms with Gasteiger partial charge in [0.05, 0.1) is 11.1 Å². The van der Waals surface area contributed by atoms with Crippen LogP contribution in [0.25, 0.3) is 20.7 Å². The van der Waals surface area contributed by atoms with Crippen LogP contribution in [0, 0.1) is 18.3 Å². The Morgan fingerprint density at radius 3 is 2.84 bits per heavy atom. The highest BCUT2D eigenvalue weighted by Crippen LogP contribution is 2.40. The Morgan fingerprint density at radius 1 is 1.40 bits per heavy atom. The summed E-state index contributed by atoms with van der Waals surface area (Å²) in [5.74, 6) is 0.487. The number of Topliss-reactive ketones (excluding diaryl/α,β-unsaturated/α-hetero) is 1. The van der Waals surface area contributed by atoms with Crippen molar-refractivity contribution in [2.45, 2.75) is 18.9 Å². The van der Waals surface area contributed by atoms with Gasteiger partial charge in [0.25, 0.3) is 0 Å². The Morgan fingerprint density at radius 2 is 2.20 bits per heavy atom. The molecule has 3 heterocycles. The van der Waals surface area contributed by atoms with Gasteiger partial charge in [-0.2, -0.15) is 5.26 Å². The molecular weight excluding hydrogens is 372 g/mol. The van der Waals surface area contributed by atoms with Gasteiger partial charge in [-0.05, 0) is 25.3 Å². The van der Waals surface area contributed by atoms with E-state index in [0.29, 0.717) is 5.82 Å². The monoisotopic (exact) mass is 386 g/mol. The number of ketones is 1. The van der Waals surface area contributed by atoms with Gasteiger partial charge in [-0.1, -0.05) is 17.8 Å². The van der Waals surface area contributed by atoms with Gasteiger partial charge in [0, 0.05) is 21.5 Å². The van der Waals surface area contributed by atoms with Gasteiger partial charge in [0.2, 0.25) is 0 Å². The molecule has 3 aromatic rings. The first-order valence-corrected chi connectivity index (χ1v) is 10.1. The van der Waals surface area contributed by atoms with Crippen LogP contribution in [-0.2, 0) is 4.79 Å². The van der Waals surface area contributed by atoms with E-state index < -0.39 is 0 Å². The van der Waals surface area contributed by atoms with Gasteiger partial charge in [-0.3, -0.25) is 4.79 Å². The average molecular weight is 387 g/mol. The van der Waals surface area contributed by atoms with E-state index in [1.165, 1.54) is 11.8 Å². The molecule has 0 bridgehead atoms.